The molecule has 2 aromatic rings. The van der Waals surface area contributed by atoms with Crippen molar-refractivity contribution in [2.75, 3.05) is 7.11 Å². The van der Waals surface area contributed by atoms with Crippen molar-refractivity contribution in [2.45, 2.75) is 84.0 Å². The lowest BCUT2D eigenvalue weighted by molar-refractivity contribution is 0.141. The van der Waals surface area contributed by atoms with Crippen LogP contribution in [-0.4, -0.2) is 7.11 Å². The maximum atomic E-state index is 14.7. The Morgan fingerprint density at radius 1 is 0.806 bits per heavy atom. The number of rotatable bonds is 7. The normalized spacial score (nSPS) is 26.8. The summed E-state index contributed by atoms with van der Waals surface area (Å²) in [5.41, 5.74) is 0.520. The molecule has 0 radical (unpaired) electrons. The van der Waals surface area contributed by atoms with E-state index in [1.807, 2.05) is 12.1 Å². The minimum Gasteiger partial charge on any atom is -0.497 e. The lowest BCUT2D eigenvalue weighted by atomic mass is 9.68. The van der Waals surface area contributed by atoms with Crippen LogP contribution < -0.4 is 4.74 Å². The molecule has 1 nitrogen and oxygen atoms in total. The predicted molar refractivity (Wildman–Crippen MR) is 125 cm³/mol. The molecule has 3 heteroatoms. The molecule has 2 saturated carbocycles. The molecule has 0 amide bonds. The largest absolute Gasteiger partial charge is 0.497 e. The van der Waals surface area contributed by atoms with E-state index in [-0.39, 0.29) is 0 Å². The smallest absolute Gasteiger partial charge is 0.167 e. The Hall–Kier alpha value is -1.64. The summed E-state index contributed by atoms with van der Waals surface area (Å²) in [5, 5.41) is 1.05. The summed E-state index contributed by atoms with van der Waals surface area (Å²) >= 11 is 0. The maximum Gasteiger partial charge on any atom is 0.167 e. The molecule has 31 heavy (non-hydrogen) atoms. The summed E-state index contributed by atoms with van der Waals surface area (Å²) < 4.78 is 34.5. The van der Waals surface area contributed by atoms with Crippen LogP contribution in [0.1, 0.15) is 83.1 Å². The van der Waals surface area contributed by atoms with E-state index in [0.717, 1.165) is 29.6 Å². The van der Waals surface area contributed by atoms with Gasteiger partial charge in [0.2, 0.25) is 0 Å². The third-order valence-corrected chi connectivity index (χ3v) is 8.27. The van der Waals surface area contributed by atoms with Crippen LogP contribution in [0.15, 0.2) is 24.3 Å². The van der Waals surface area contributed by atoms with Crippen LogP contribution in [0.4, 0.5) is 8.78 Å². The van der Waals surface area contributed by atoms with Gasteiger partial charge in [0, 0.05) is 5.39 Å². The zero-order chi connectivity index (χ0) is 21.8. The Balaban J connectivity index is 1.30. The standard InChI is InChI=1S/C28H38F2O/c1-3-4-19-5-10-21(11-6-19)22-12-7-20(8-13-22)9-14-24-17-23-15-16-25(31-2)18-26(23)28(30)27(24)29/h15-22H,3-14H2,1-2H3. The summed E-state index contributed by atoms with van der Waals surface area (Å²) in [5.74, 6) is 2.61. The van der Waals surface area contributed by atoms with E-state index >= 15 is 0 Å². The van der Waals surface area contributed by atoms with Gasteiger partial charge in [0.25, 0.3) is 0 Å². The Kier molecular flexibility index (Phi) is 7.51. The molecule has 0 unspecified atom stereocenters. The lowest BCUT2D eigenvalue weighted by Crippen LogP contribution is -2.26. The molecule has 0 N–H and O–H groups in total. The Bertz CT molecular complexity index is 861. The van der Waals surface area contributed by atoms with Gasteiger partial charge < -0.3 is 4.74 Å². The molecule has 2 aliphatic rings. The van der Waals surface area contributed by atoms with Crippen LogP contribution in [0.5, 0.6) is 5.75 Å². The van der Waals surface area contributed by atoms with Gasteiger partial charge in [-0.1, -0.05) is 51.5 Å². The number of fused-ring (bicyclic) bond motifs is 1. The van der Waals surface area contributed by atoms with Crippen molar-refractivity contribution in [3.8, 4) is 5.75 Å². The zero-order valence-electron chi connectivity index (χ0n) is 19.3. The third kappa shape index (κ3) is 5.23. The first kappa shape index (κ1) is 22.6. The highest BCUT2D eigenvalue weighted by atomic mass is 19.2. The first-order chi connectivity index (χ1) is 15.1. The molecule has 2 aromatic carbocycles. The summed E-state index contributed by atoms with van der Waals surface area (Å²) in [6, 6.07) is 7.03. The number of halogens is 2. The highest BCUT2D eigenvalue weighted by Crippen LogP contribution is 2.43. The molecule has 170 valence electrons. The zero-order valence-corrected chi connectivity index (χ0v) is 19.3. The van der Waals surface area contributed by atoms with Gasteiger partial charge in [-0.25, -0.2) is 8.78 Å². The van der Waals surface area contributed by atoms with Crippen LogP contribution in [0, 0.1) is 35.3 Å². The van der Waals surface area contributed by atoms with Crippen molar-refractivity contribution in [3.05, 3.63) is 41.5 Å². The number of hydrogen-bond acceptors (Lipinski definition) is 1. The topological polar surface area (TPSA) is 9.23 Å². The molecule has 0 aliphatic heterocycles. The molecule has 0 bridgehead atoms. The van der Waals surface area contributed by atoms with E-state index in [1.54, 1.807) is 12.1 Å². The van der Waals surface area contributed by atoms with Gasteiger partial charge in [-0.3, -0.25) is 0 Å². The molecule has 0 atom stereocenters. The molecule has 0 spiro atoms. The van der Waals surface area contributed by atoms with Gasteiger partial charge in [0.1, 0.15) is 5.75 Å². The van der Waals surface area contributed by atoms with Crippen LogP contribution in [-0.2, 0) is 6.42 Å². The monoisotopic (exact) mass is 428 g/mol. The first-order valence-corrected chi connectivity index (χ1v) is 12.5. The van der Waals surface area contributed by atoms with E-state index < -0.39 is 11.6 Å². The SMILES string of the molecule is CCCC1CCC(C2CCC(CCc3cc4ccc(OC)cc4c(F)c3F)CC2)CC1. The van der Waals surface area contributed by atoms with Gasteiger partial charge in [0.15, 0.2) is 11.6 Å². The first-order valence-electron chi connectivity index (χ1n) is 12.5. The highest BCUT2D eigenvalue weighted by molar-refractivity contribution is 5.85. The van der Waals surface area contributed by atoms with Crippen molar-refractivity contribution in [1.82, 2.24) is 0 Å². The second-order valence-corrected chi connectivity index (χ2v) is 10.1. The van der Waals surface area contributed by atoms with Crippen LogP contribution >= 0.6 is 0 Å². The quantitative estimate of drug-likeness (QED) is 0.430. The van der Waals surface area contributed by atoms with Crippen molar-refractivity contribution < 1.29 is 13.5 Å². The van der Waals surface area contributed by atoms with Gasteiger partial charge in [-0.15, -0.1) is 0 Å². The molecular weight excluding hydrogens is 390 g/mol. The highest BCUT2D eigenvalue weighted by Gasteiger charge is 2.30. The molecule has 2 aliphatic carbocycles. The van der Waals surface area contributed by atoms with E-state index in [4.69, 9.17) is 4.74 Å². The Labute approximate surface area is 186 Å². The van der Waals surface area contributed by atoms with Gasteiger partial charge >= 0.3 is 0 Å². The molecule has 0 saturated heterocycles. The number of aryl methyl sites for hydroxylation is 1. The van der Waals surface area contributed by atoms with Crippen molar-refractivity contribution in [2.24, 2.45) is 23.7 Å². The summed E-state index contributed by atoms with van der Waals surface area (Å²) in [4.78, 5) is 0. The number of benzene rings is 2. The summed E-state index contributed by atoms with van der Waals surface area (Å²) in [6.45, 7) is 2.31. The molecule has 4 rings (SSSR count). The average Bonchev–Trinajstić information content (AvgIpc) is 2.81. The third-order valence-electron chi connectivity index (χ3n) is 8.27. The maximum absolute atomic E-state index is 14.7. The molecule has 0 heterocycles. The van der Waals surface area contributed by atoms with Crippen LogP contribution in [0.3, 0.4) is 0 Å². The van der Waals surface area contributed by atoms with Gasteiger partial charge in [0.05, 0.1) is 7.11 Å². The molecule has 2 fully saturated rings. The van der Waals surface area contributed by atoms with Gasteiger partial charge in [-0.05, 0) is 91.3 Å². The molecular formula is C28H38F2O. The minimum absolute atomic E-state index is 0.301. The number of hydrogen-bond donors (Lipinski definition) is 0. The van der Waals surface area contributed by atoms with E-state index in [2.05, 4.69) is 6.92 Å². The van der Waals surface area contributed by atoms with Crippen molar-refractivity contribution in [1.29, 1.82) is 0 Å². The number of methoxy groups -OCH3 is 1. The second-order valence-electron chi connectivity index (χ2n) is 10.1. The Morgan fingerprint density at radius 2 is 1.42 bits per heavy atom. The second kappa shape index (κ2) is 10.3. The van der Waals surface area contributed by atoms with E-state index in [0.29, 0.717) is 29.0 Å². The van der Waals surface area contributed by atoms with E-state index in [1.165, 1.54) is 71.3 Å². The van der Waals surface area contributed by atoms with Crippen LogP contribution in [0.25, 0.3) is 10.8 Å². The summed E-state index contributed by atoms with van der Waals surface area (Å²) in [7, 11) is 1.54. The fourth-order valence-corrected chi connectivity index (χ4v) is 6.33. The fourth-order valence-electron chi connectivity index (χ4n) is 6.33. The van der Waals surface area contributed by atoms with Gasteiger partial charge in [-0.2, -0.15) is 0 Å². The Morgan fingerprint density at radius 3 is 2.00 bits per heavy atom. The van der Waals surface area contributed by atoms with E-state index in [9.17, 15) is 8.78 Å². The van der Waals surface area contributed by atoms with Crippen LogP contribution in [0.2, 0.25) is 0 Å². The average molecular weight is 429 g/mol. The number of ether oxygens (including phenoxy) is 1. The fraction of sp³-hybridized carbons (Fsp3) is 0.643. The lowest BCUT2D eigenvalue weighted by Gasteiger charge is -2.38. The minimum atomic E-state index is -0.742. The predicted octanol–water partition coefficient (Wildman–Crippen LogP) is 8.47. The van der Waals surface area contributed by atoms with Crippen molar-refractivity contribution >= 4 is 10.8 Å². The summed E-state index contributed by atoms with van der Waals surface area (Å²) in [6.07, 6.45) is 15.3. The molecule has 0 aromatic heterocycles. The van der Waals surface area contributed by atoms with Crippen molar-refractivity contribution in [3.63, 3.8) is 0 Å².